The molecule has 0 aliphatic rings. The number of primary amides is 1. The Morgan fingerprint density at radius 1 is 1.41 bits per heavy atom. The lowest BCUT2D eigenvalue weighted by Gasteiger charge is -2.09. The van der Waals surface area contributed by atoms with Crippen LogP contribution < -0.4 is 17.0 Å². The summed E-state index contributed by atoms with van der Waals surface area (Å²) in [6.07, 6.45) is 4.12. The highest BCUT2D eigenvalue weighted by atomic mass is 16.2. The van der Waals surface area contributed by atoms with Crippen molar-refractivity contribution in [3.05, 3.63) is 56.8 Å². The largest absolute Gasteiger partial charge is 0.366 e. The molecule has 0 unspecified atom stereocenters. The third-order valence-electron chi connectivity index (χ3n) is 3.42. The van der Waals surface area contributed by atoms with Gasteiger partial charge >= 0.3 is 5.69 Å². The standard InChI is InChI=1S/C13H12N6O3/c1-18-11-9(16-6-17-11)12(21)19(13(18)22)5-7-2-3-15-4-8(7)10(14)20/h2-4,6H,5H2,1H3,(H2,14,20)(H,16,17). The van der Waals surface area contributed by atoms with Gasteiger partial charge in [0, 0.05) is 19.4 Å². The molecule has 9 nitrogen and oxygen atoms in total. The van der Waals surface area contributed by atoms with Crippen LogP contribution in [-0.2, 0) is 13.6 Å². The van der Waals surface area contributed by atoms with Crippen molar-refractivity contribution in [2.24, 2.45) is 12.8 Å². The summed E-state index contributed by atoms with van der Waals surface area (Å²) in [5.74, 6) is -0.671. The Hall–Kier alpha value is -3.23. The first-order valence-electron chi connectivity index (χ1n) is 6.36. The van der Waals surface area contributed by atoms with Gasteiger partial charge in [0.1, 0.15) is 5.52 Å². The van der Waals surface area contributed by atoms with Crippen LogP contribution in [0, 0.1) is 0 Å². The number of nitrogens with one attached hydrogen (secondary N) is 1. The molecule has 22 heavy (non-hydrogen) atoms. The second-order valence-corrected chi connectivity index (χ2v) is 4.73. The van der Waals surface area contributed by atoms with E-state index < -0.39 is 17.2 Å². The van der Waals surface area contributed by atoms with Crippen LogP contribution in [-0.4, -0.2) is 30.0 Å². The summed E-state index contributed by atoms with van der Waals surface area (Å²) >= 11 is 0. The van der Waals surface area contributed by atoms with E-state index in [1.54, 1.807) is 6.07 Å². The number of aromatic nitrogens is 5. The SMILES string of the molecule is Cn1c(=O)n(Cc2ccncc2C(N)=O)c(=O)c2[nH]cnc21. The third-order valence-corrected chi connectivity index (χ3v) is 3.42. The Morgan fingerprint density at radius 3 is 2.91 bits per heavy atom. The van der Waals surface area contributed by atoms with Crippen LogP contribution in [0.15, 0.2) is 34.4 Å². The smallest absolute Gasteiger partial charge is 0.332 e. The number of hydrogen-bond acceptors (Lipinski definition) is 5. The molecule has 3 rings (SSSR count). The number of hydrogen-bond donors (Lipinski definition) is 2. The molecule has 0 aliphatic carbocycles. The number of rotatable bonds is 3. The van der Waals surface area contributed by atoms with Crippen LogP contribution in [0.4, 0.5) is 0 Å². The van der Waals surface area contributed by atoms with Gasteiger partial charge in [-0.1, -0.05) is 0 Å². The maximum absolute atomic E-state index is 12.4. The Morgan fingerprint density at radius 2 is 2.18 bits per heavy atom. The summed E-state index contributed by atoms with van der Waals surface area (Å²) in [5, 5.41) is 0. The number of carbonyl (C=O) groups excluding carboxylic acids is 1. The Kier molecular flexibility index (Phi) is 3.09. The van der Waals surface area contributed by atoms with Gasteiger partial charge in [0.2, 0.25) is 0 Å². The lowest BCUT2D eigenvalue weighted by atomic mass is 10.1. The van der Waals surface area contributed by atoms with Gasteiger partial charge < -0.3 is 10.7 Å². The normalized spacial score (nSPS) is 11.0. The maximum Gasteiger partial charge on any atom is 0.332 e. The van der Waals surface area contributed by atoms with E-state index >= 15 is 0 Å². The molecule has 0 spiro atoms. The van der Waals surface area contributed by atoms with Crippen LogP contribution in [0.5, 0.6) is 0 Å². The third kappa shape index (κ3) is 1.99. The van der Waals surface area contributed by atoms with Gasteiger partial charge in [0.05, 0.1) is 18.4 Å². The zero-order valence-electron chi connectivity index (χ0n) is 11.6. The fourth-order valence-corrected chi connectivity index (χ4v) is 2.29. The highest BCUT2D eigenvalue weighted by Crippen LogP contribution is 2.07. The van der Waals surface area contributed by atoms with Crippen molar-refractivity contribution < 1.29 is 4.79 Å². The Bertz CT molecular complexity index is 997. The highest BCUT2D eigenvalue weighted by molar-refractivity contribution is 5.93. The highest BCUT2D eigenvalue weighted by Gasteiger charge is 2.15. The fraction of sp³-hybridized carbons (Fsp3) is 0.154. The molecule has 0 fully saturated rings. The van der Waals surface area contributed by atoms with Gasteiger partial charge in [-0.05, 0) is 11.6 Å². The molecule has 0 aliphatic heterocycles. The van der Waals surface area contributed by atoms with Crippen molar-refractivity contribution in [3.8, 4) is 0 Å². The molecular formula is C13H12N6O3. The molecule has 3 aromatic heterocycles. The zero-order valence-corrected chi connectivity index (χ0v) is 11.6. The Labute approximate surface area is 123 Å². The average molecular weight is 300 g/mol. The molecule has 0 aromatic carbocycles. The van der Waals surface area contributed by atoms with E-state index in [0.29, 0.717) is 5.56 Å². The predicted octanol–water partition coefficient (Wildman–Crippen LogP) is -1.03. The molecule has 0 radical (unpaired) electrons. The molecule has 112 valence electrons. The van der Waals surface area contributed by atoms with E-state index in [9.17, 15) is 14.4 Å². The van der Waals surface area contributed by atoms with Crippen LogP contribution in [0.3, 0.4) is 0 Å². The van der Waals surface area contributed by atoms with Crippen LogP contribution in [0.25, 0.3) is 11.2 Å². The molecule has 0 bridgehead atoms. The lowest BCUT2D eigenvalue weighted by Crippen LogP contribution is -2.39. The second kappa shape index (κ2) is 4.95. The minimum absolute atomic E-state index is 0.0821. The quantitative estimate of drug-likeness (QED) is 0.638. The lowest BCUT2D eigenvalue weighted by molar-refractivity contribution is 0.0999. The van der Waals surface area contributed by atoms with Crippen molar-refractivity contribution in [1.29, 1.82) is 0 Å². The fourth-order valence-electron chi connectivity index (χ4n) is 2.29. The van der Waals surface area contributed by atoms with Gasteiger partial charge in [-0.2, -0.15) is 0 Å². The number of fused-ring (bicyclic) bond motifs is 1. The number of nitrogens with two attached hydrogens (primary N) is 1. The van der Waals surface area contributed by atoms with E-state index in [0.717, 1.165) is 4.57 Å². The topological polar surface area (TPSA) is 129 Å². The van der Waals surface area contributed by atoms with Crippen molar-refractivity contribution in [3.63, 3.8) is 0 Å². The van der Waals surface area contributed by atoms with Gasteiger partial charge in [0.15, 0.2) is 5.65 Å². The summed E-state index contributed by atoms with van der Waals surface area (Å²) in [5.41, 5.74) is 5.35. The van der Waals surface area contributed by atoms with E-state index in [1.807, 2.05) is 0 Å². The predicted molar refractivity (Wildman–Crippen MR) is 77.5 cm³/mol. The second-order valence-electron chi connectivity index (χ2n) is 4.73. The molecular weight excluding hydrogens is 288 g/mol. The summed E-state index contributed by atoms with van der Waals surface area (Å²) < 4.78 is 2.28. The minimum Gasteiger partial charge on any atom is -0.366 e. The number of nitrogens with zero attached hydrogens (tertiary/aromatic N) is 4. The molecule has 9 heteroatoms. The van der Waals surface area contributed by atoms with Gasteiger partial charge in [0.25, 0.3) is 11.5 Å². The molecule has 0 saturated carbocycles. The van der Waals surface area contributed by atoms with Crippen molar-refractivity contribution >= 4 is 17.1 Å². The van der Waals surface area contributed by atoms with E-state index in [4.69, 9.17) is 5.73 Å². The minimum atomic E-state index is -0.671. The van der Waals surface area contributed by atoms with Gasteiger partial charge in [-0.25, -0.2) is 9.78 Å². The van der Waals surface area contributed by atoms with E-state index in [1.165, 1.54) is 30.3 Å². The summed E-state index contributed by atoms with van der Waals surface area (Å²) in [6.45, 7) is -0.0821. The first kappa shape index (κ1) is 13.7. The molecule has 1 amide bonds. The summed E-state index contributed by atoms with van der Waals surface area (Å²) in [6, 6.07) is 1.54. The summed E-state index contributed by atoms with van der Waals surface area (Å²) in [7, 11) is 1.52. The first-order valence-corrected chi connectivity index (χ1v) is 6.36. The number of H-pyrrole nitrogens is 1. The van der Waals surface area contributed by atoms with Crippen LogP contribution >= 0.6 is 0 Å². The monoisotopic (exact) mass is 300 g/mol. The molecule has 0 atom stereocenters. The number of amides is 1. The number of aromatic amines is 1. The van der Waals surface area contributed by atoms with Crippen LogP contribution in [0.2, 0.25) is 0 Å². The molecule has 3 N–H and O–H groups in total. The molecule has 3 heterocycles. The zero-order chi connectivity index (χ0) is 15.9. The number of pyridine rings is 1. The van der Waals surface area contributed by atoms with Gasteiger partial charge in [-0.3, -0.25) is 23.7 Å². The van der Waals surface area contributed by atoms with E-state index in [2.05, 4.69) is 15.0 Å². The average Bonchev–Trinajstić information content (AvgIpc) is 2.99. The van der Waals surface area contributed by atoms with E-state index in [-0.39, 0.29) is 23.3 Å². The molecule has 0 saturated heterocycles. The van der Waals surface area contributed by atoms with Crippen molar-refractivity contribution in [2.45, 2.75) is 6.54 Å². The summed E-state index contributed by atoms with van der Waals surface area (Å²) in [4.78, 5) is 46.6. The number of aryl methyl sites for hydroxylation is 1. The van der Waals surface area contributed by atoms with Crippen molar-refractivity contribution in [1.82, 2.24) is 24.1 Å². The van der Waals surface area contributed by atoms with Crippen LogP contribution in [0.1, 0.15) is 15.9 Å². The number of imidazole rings is 1. The number of carbonyl (C=O) groups is 1. The Balaban J connectivity index is 2.23. The van der Waals surface area contributed by atoms with Gasteiger partial charge in [-0.15, -0.1) is 0 Å². The maximum atomic E-state index is 12.4. The van der Waals surface area contributed by atoms with Crippen molar-refractivity contribution in [2.75, 3.05) is 0 Å². The first-order chi connectivity index (χ1) is 10.5. The molecule has 3 aromatic rings.